The SMILES string of the molecule is COc1ccc(/C=N\N=C(N)N)cc1OC. The molecule has 1 aromatic carbocycles. The first-order valence-electron chi connectivity index (χ1n) is 4.51. The van der Waals surface area contributed by atoms with Gasteiger partial charge in [-0.3, -0.25) is 0 Å². The summed E-state index contributed by atoms with van der Waals surface area (Å²) in [6.45, 7) is 0. The summed E-state index contributed by atoms with van der Waals surface area (Å²) in [4.78, 5) is 0. The van der Waals surface area contributed by atoms with E-state index < -0.39 is 0 Å². The Morgan fingerprint density at radius 3 is 2.44 bits per heavy atom. The Balaban J connectivity index is 2.91. The molecule has 0 atom stereocenters. The van der Waals surface area contributed by atoms with Gasteiger partial charge < -0.3 is 20.9 Å². The minimum Gasteiger partial charge on any atom is -0.493 e. The molecule has 86 valence electrons. The highest BCUT2D eigenvalue weighted by Gasteiger charge is 2.02. The summed E-state index contributed by atoms with van der Waals surface area (Å²) in [6.07, 6.45) is 1.52. The van der Waals surface area contributed by atoms with Crippen LogP contribution in [-0.4, -0.2) is 26.4 Å². The Bertz CT molecular complexity index is 411. The van der Waals surface area contributed by atoms with Crippen LogP contribution in [0.2, 0.25) is 0 Å². The van der Waals surface area contributed by atoms with Crippen molar-refractivity contribution < 1.29 is 9.47 Å². The molecule has 6 nitrogen and oxygen atoms in total. The largest absolute Gasteiger partial charge is 0.493 e. The molecule has 6 heteroatoms. The summed E-state index contributed by atoms with van der Waals surface area (Å²) in [6, 6.07) is 5.35. The summed E-state index contributed by atoms with van der Waals surface area (Å²) in [7, 11) is 3.14. The van der Waals surface area contributed by atoms with Crippen LogP contribution in [0.15, 0.2) is 28.4 Å². The van der Waals surface area contributed by atoms with E-state index in [0.29, 0.717) is 11.5 Å². The zero-order valence-corrected chi connectivity index (χ0v) is 9.18. The highest BCUT2D eigenvalue weighted by atomic mass is 16.5. The summed E-state index contributed by atoms with van der Waals surface area (Å²) < 4.78 is 10.2. The maximum Gasteiger partial charge on any atom is 0.211 e. The van der Waals surface area contributed by atoms with Crippen molar-refractivity contribution in [1.82, 2.24) is 0 Å². The fourth-order valence-electron chi connectivity index (χ4n) is 1.10. The lowest BCUT2D eigenvalue weighted by atomic mass is 10.2. The van der Waals surface area contributed by atoms with Crippen molar-refractivity contribution in [1.29, 1.82) is 0 Å². The van der Waals surface area contributed by atoms with Gasteiger partial charge in [0, 0.05) is 0 Å². The Hall–Kier alpha value is -2.24. The Morgan fingerprint density at radius 2 is 1.88 bits per heavy atom. The zero-order chi connectivity index (χ0) is 12.0. The number of ether oxygens (including phenoxy) is 2. The van der Waals surface area contributed by atoms with Crippen molar-refractivity contribution in [2.75, 3.05) is 14.2 Å². The van der Waals surface area contributed by atoms with E-state index in [4.69, 9.17) is 20.9 Å². The molecule has 0 radical (unpaired) electrons. The van der Waals surface area contributed by atoms with Crippen molar-refractivity contribution in [3.8, 4) is 11.5 Å². The molecular weight excluding hydrogens is 208 g/mol. The summed E-state index contributed by atoms with van der Waals surface area (Å²) in [5.74, 6) is 1.19. The molecule has 0 saturated carbocycles. The number of nitrogens with zero attached hydrogens (tertiary/aromatic N) is 2. The van der Waals surface area contributed by atoms with Crippen LogP contribution in [0.25, 0.3) is 0 Å². The molecule has 0 heterocycles. The van der Waals surface area contributed by atoms with E-state index >= 15 is 0 Å². The van der Waals surface area contributed by atoms with Crippen LogP contribution >= 0.6 is 0 Å². The van der Waals surface area contributed by atoms with Crippen LogP contribution in [0, 0.1) is 0 Å². The second-order valence-corrected chi connectivity index (χ2v) is 2.88. The molecule has 0 fully saturated rings. The predicted octanol–water partition coefficient (Wildman–Crippen LogP) is 0.311. The second-order valence-electron chi connectivity index (χ2n) is 2.88. The van der Waals surface area contributed by atoms with Gasteiger partial charge in [-0.2, -0.15) is 5.10 Å². The van der Waals surface area contributed by atoms with Gasteiger partial charge in [0.15, 0.2) is 11.5 Å². The van der Waals surface area contributed by atoms with Crippen LogP contribution in [-0.2, 0) is 0 Å². The summed E-state index contributed by atoms with van der Waals surface area (Å²) >= 11 is 0. The quantitative estimate of drug-likeness (QED) is 0.435. The van der Waals surface area contributed by atoms with Crippen molar-refractivity contribution in [3.05, 3.63) is 23.8 Å². The molecule has 0 aromatic heterocycles. The number of benzene rings is 1. The molecule has 0 spiro atoms. The van der Waals surface area contributed by atoms with Gasteiger partial charge in [-0.05, 0) is 23.8 Å². The molecule has 0 bridgehead atoms. The third kappa shape index (κ3) is 3.16. The van der Waals surface area contributed by atoms with E-state index in [9.17, 15) is 0 Å². The average Bonchev–Trinajstić information content (AvgIpc) is 2.28. The first kappa shape index (κ1) is 11.8. The van der Waals surface area contributed by atoms with Gasteiger partial charge in [-0.1, -0.05) is 0 Å². The average molecular weight is 222 g/mol. The van der Waals surface area contributed by atoms with Gasteiger partial charge in [0.2, 0.25) is 5.96 Å². The fraction of sp³-hybridized carbons (Fsp3) is 0.200. The predicted molar refractivity (Wildman–Crippen MR) is 62.9 cm³/mol. The maximum absolute atomic E-state index is 5.13. The van der Waals surface area contributed by atoms with E-state index in [2.05, 4.69) is 10.2 Å². The third-order valence-corrected chi connectivity index (χ3v) is 1.79. The smallest absolute Gasteiger partial charge is 0.211 e. The van der Waals surface area contributed by atoms with Crippen LogP contribution < -0.4 is 20.9 Å². The highest BCUT2D eigenvalue weighted by molar-refractivity contribution is 5.82. The van der Waals surface area contributed by atoms with Gasteiger partial charge in [-0.15, -0.1) is 5.10 Å². The van der Waals surface area contributed by atoms with Crippen molar-refractivity contribution in [2.24, 2.45) is 21.7 Å². The minimum absolute atomic E-state index is 0.0864. The molecule has 0 aliphatic rings. The Labute approximate surface area is 93.6 Å². The van der Waals surface area contributed by atoms with Gasteiger partial charge in [0.1, 0.15) is 0 Å². The number of rotatable bonds is 4. The molecule has 16 heavy (non-hydrogen) atoms. The van der Waals surface area contributed by atoms with E-state index in [-0.39, 0.29) is 5.96 Å². The molecular formula is C10H14N4O2. The first-order chi connectivity index (χ1) is 7.67. The molecule has 0 unspecified atom stereocenters. The van der Waals surface area contributed by atoms with Gasteiger partial charge in [-0.25, -0.2) is 0 Å². The van der Waals surface area contributed by atoms with Crippen molar-refractivity contribution in [3.63, 3.8) is 0 Å². The summed E-state index contributed by atoms with van der Waals surface area (Å²) in [5.41, 5.74) is 11.1. The molecule has 1 rings (SSSR count). The molecule has 1 aromatic rings. The topological polar surface area (TPSA) is 95.2 Å². The third-order valence-electron chi connectivity index (χ3n) is 1.79. The number of methoxy groups -OCH3 is 2. The molecule has 0 aliphatic heterocycles. The second kappa shape index (κ2) is 5.59. The van der Waals surface area contributed by atoms with Crippen molar-refractivity contribution in [2.45, 2.75) is 0 Å². The number of nitrogens with two attached hydrogens (primary N) is 2. The molecule has 0 amide bonds. The van der Waals surface area contributed by atoms with Crippen LogP contribution in [0.3, 0.4) is 0 Å². The van der Waals surface area contributed by atoms with Gasteiger partial charge in [0.25, 0.3) is 0 Å². The standard InChI is InChI=1S/C10H14N4O2/c1-15-8-4-3-7(5-9(8)16-2)6-13-14-10(11)12/h3-6H,1-2H3,(H4,11,12,14)/b13-6-. The van der Waals surface area contributed by atoms with Gasteiger partial charge >= 0.3 is 0 Å². The lowest BCUT2D eigenvalue weighted by molar-refractivity contribution is 0.355. The lowest BCUT2D eigenvalue weighted by Gasteiger charge is -2.06. The first-order valence-corrected chi connectivity index (χ1v) is 4.51. The van der Waals surface area contributed by atoms with E-state index in [1.54, 1.807) is 26.4 Å². The Morgan fingerprint density at radius 1 is 1.19 bits per heavy atom. The lowest BCUT2D eigenvalue weighted by Crippen LogP contribution is -2.21. The van der Waals surface area contributed by atoms with E-state index in [1.165, 1.54) is 6.21 Å². The monoisotopic (exact) mass is 222 g/mol. The van der Waals surface area contributed by atoms with Crippen LogP contribution in [0.4, 0.5) is 0 Å². The maximum atomic E-state index is 5.13. The van der Waals surface area contributed by atoms with Crippen LogP contribution in [0.1, 0.15) is 5.56 Å². The highest BCUT2D eigenvalue weighted by Crippen LogP contribution is 2.26. The normalized spacial score (nSPS) is 10.1. The van der Waals surface area contributed by atoms with Crippen LogP contribution in [0.5, 0.6) is 11.5 Å². The molecule has 0 aliphatic carbocycles. The van der Waals surface area contributed by atoms with Gasteiger partial charge in [0.05, 0.1) is 20.4 Å². The fourth-order valence-corrected chi connectivity index (χ4v) is 1.10. The number of hydrogen-bond donors (Lipinski definition) is 2. The molecule has 4 N–H and O–H groups in total. The minimum atomic E-state index is -0.0864. The number of guanidine groups is 1. The van der Waals surface area contributed by atoms with E-state index in [1.807, 2.05) is 6.07 Å². The molecule has 0 saturated heterocycles. The van der Waals surface area contributed by atoms with E-state index in [0.717, 1.165) is 5.56 Å². The van der Waals surface area contributed by atoms with Crippen molar-refractivity contribution >= 4 is 12.2 Å². The Kier molecular flexibility index (Phi) is 4.14. The summed E-state index contributed by atoms with van der Waals surface area (Å²) in [5, 5.41) is 7.18. The number of hydrogen-bond acceptors (Lipinski definition) is 4. The zero-order valence-electron chi connectivity index (χ0n) is 9.18.